The summed E-state index contributed by atoms with van der Waals surface area (Å²) in [5, 5.41) is 11.7. The molecule has 1 aromatic carbocycles. The first-order valence-electron chi connectivity index (χ1n) is 6.00. The Morgan fingerprint density at radius 2 is 1.80 bits per heavy atom. The Hall–Kier alpha value is -1.62. The fourth-order valence-corrected chi connectivity index (χ4v) is 1.73. The molecule has 0 radical (unpaired) electrons. The highest BCUT2D eigenvalue weighted by atomic mass is 35.5. The first-order valence-corrected chi connectivity index (χ1v) is 6.38. The van der Waals surface area contributed by atoms with Gasteiger partial charge in [-0.05, 0) is 39.8 Å². The summed E-state index contributed by atoms with van der Waals surface area (Å²) >= 11 is 5.81. The molecule has 0 unspecified atom stereocenters. The summed E-state index contributed by atoms with van der Waals surface area (Å²) in [5.41, 5.74) is -2.62. The molecule has 0 saturated carbocycles. The van der Waals surface area contributed by atoms with Crippen LogP contribution in [0.3, 0.4) is 0 Å². The monoisotopic (exact) mass is 301 g/mol. The van der Waals surface area contributed by atoms with Crippen molar-refractivity contribution in [3.63, 3.8) is 0 Å². The second-order valence-electron chi connectivity index (χ2n) is 5.61. The van der Waals surface area contributed by atoms with Crippen LogP contribution in [0.25, 0.3) is 0 Å². The number of hydrogen-bond acceptors (Lipinski definition) is 2. The minimum absolute atomic E-state index is 0.0218. The smallest absolute Gasteiger partial charge is 0.311 e. The summed E-state index contributed by atoms with van der Waals surface area (Å²) in [6.45, 7) is 6.10. The molecule has 0 saturated heterocycles. The molecule has 0 bridgehead atoms. The first-order chi connectivity index (χ1) is 9.00. The van der Waals surface area contributed by atoms with Crippen LogP contribution < -0.4 is 5.32 Å². The van der Waals surface area contributed by atoms with E-state index in [9.17, 15) is 19.1 Å². The molecule has 6 heteroatoms. The third-order valence-corrected chi connectivity index (χ3v) is 4.03. The molecule has 110 valence electrons. The molecule has 0 aliphatic heterocycles. The van der Waals surface area contributed by atoms with Crippen LogP contribution in [0.4, 0.5) is 4.39 Å². The Kier molecular flexibility index (Phi) is 4.44. The number of hydrogen-bond donors (Lipinski definition) is 2. The Morgan fingerprint density at radius 3 is 2.25 bits per heavy atom. The van der Waals surface area contributed by atoms with Gasteiger partial charge < -0.3 is 10.4 Å². The lowest BCUT2D eigenvalue weighted by atomic mass is 9.74. The highest BCUT2D eigenvalue weighted by Gasteiger charge is 2.44. The van der Waals surface area contributed by atoms with Gasteiger partial charge >= 0.3 is 5.97 Å². The van der Waals surface area contributed by atoms with Crippen molar-refractivity contribution in [3.8, 4) is 0 Å². The van der Waals surface area contributed by atoms with Gasteiger partial charge in [0.05, 0.1) is 21.5 Å². The summed E-state index contributed by atoms with van der Waals surface area (Å²) in [6, 6.07) is 3.91. The van der Waals surface area contributed by atoms with Gasteiger partial charge in [0.1, 0.15) is 5.82 Å². The van der Waals surface area contributed by atoms with E-state index in [1.807, 2.05) is 0 Å². The summed E-state index contributed by atoms with van der Waals surface area (Å²) in [7, 11) is 0. The standard InChI is InChI=1S/C14H17ClFNO3/c1-13(2,12(19)20)14(3,4)17-11(18)10-8(15)6-5-7-9(10)16/h5-7H,1-4H3,(H,17,18)(H,19,20). The lowest BCUT2D eigenvalue weighted by molar-refractivity contribution is -0.150. The fraction of sp³-hybridized carbons (Fsp3) is 0.429. The number of carboxylic acid groups (broad SMARTS) is 1. The Labute approximate surface area is 121 Å². The molecule has 0 fully saturated rings. The minimum atomic E-state index is -1.24. The zero-order valence-corrected chi connectivity index (χ0v) is 12.5. The van der Waals surface area contributed by atoms with Crippen LogP contribution >= 0.6 is 11.6 Å². The Balaban J connectivity index is 3.10. The number of amides is 1. The van der Waals surface area contributed by atoms with Gasteiger partial charge in [-0.25, -0.2) is 4.39 Å². The predicted molar refractivity (Wildman–Crippen MR) is 74.4 cm³/mol. The Bertz CT molecular complexity index is 535. The second kappa shape index (κ2) is 5.40. The molecule has 0 aliphatic carbocycles. The van der Waals surface area contributed by atoms with Crippen LogP contribution in [0.2, 0.25) is 5.02 Å². The molecule has 20 heavy (non-hydrogen) atoms. The number of carbonyl (C=O) groups excluding carboxylic acids is 1. The van der Waals surface area contributed by atoms with Crippen molar-refractivity contribution in [1.82, 2.24) is 5.32 Å². The van der Waals surface area contributed by atoms with Crippen molar-refractivity contribution in [2.24, 2.45) is 5.41 Å². The number of carboxylic acids is 1. The highest BCUT2D eigenvalue weighted by Crippen LogP contribution is 2.31. The molecule has 0 atom stereocenters. The number of carbonyl (C=O) groups is 2. The lowest BCUT2D eigenvalue weighted by Gasteiger charge is -2.38. The maximum Gasteiger partial charge on any atom is 0.311 e. The van der Waals surface area contributed by atoms with Gasteiger partial charge in [-0.1, -0.05) is 17.7 Å². The van der Waals surface area contributed by atoms with E-state index >= 15 is 0 Å². The third kappa shape index (κ3) is 2.93. The van der Waals surface area contributed by atoms with Crippen molar-refractivity contribution in [3.05, 3.63) is 34.6 Å². The molecule has 4 nitrogen and oxygen atoms in total. The highest BCUT2D eigenvalue weighted by molar-refractivity contribution is 6.33. The zero-order chi connectivity index (χ0) is 15.7. The number of rotatable bonds is 4. The van der Waals surface area contributed by atoms with E-state index in [4.69, 9.17) is 11.6 Å². The predicted octanol–water partition coefficient (Wildman–Crippen LogP) is 3.10. The SMILES string of the molecule is CC(C)(NC(=O)c1c(F)cccc1Cl)C(C)(C)C(=O)O. The summed E-state index contributed by atoms with van der Waals surface area (Å²) in [6.07, 6.45) is 0. The van der Waals surface area contributed by atoms with Gasteiger partial charge in [0.25, 0.3) is 5.91 Å². The van der Waals surface area contributed by atoms with Crippen LogP contribution in [-0.2, 0) is 4.79 Å². The third-order valence-electron chi connectivity index (χ3n) is 3.71. The average Bonchev–Trinajstić information content (AvgIpc) is 2.27. The van der Waals surface area contributed by atoms with Crippen LogP contribution in [0, 0.1) is 11.2 Å². The van der Waals surface area contributed by atoms with Gasteiger partial charge in [0.15, 0.2) is 0 Å². The van der Waals surface area contributed by atoms with Crippen molar-refractivity contribution < 1.29 is 19.1 Å². The Morgan fingerprint density at radius 1 is 1.25 bits per heavy atom. The topological polar surface area (TPSA) is 66.4 Å². The number of nitrogens with one attached hydrogen (secondary N) is 1. The van der Waals surface area contributed by atoms with Crippen molar-refractivity contribution in [2.75, 3.05) is 0 Å². The van der Waals surface area contributed by atoms with E-state index in [0.717, 1.165) is 6.07 Å². The molecule has 0 heterocycles. The van der Waals surface area contributed by atoms with Gasteiger partial charge in [0.2, 0.25) is 0 Å². The number of benzene rings is 1. The largest absolute Gasteiger partial charge is 0.481 e. The van der Waals surface area contributed by atoms with Gasteiger partial charge in [-0.2, -0.15) is 0 Å². The maximum atomic E-state index is 13.7. The maximum absolute atomic E-state index is 13.7. The number of halogens is 2. The van der Waals surface area contributed by atoms with Crippen molar-refractivity contribution >= 4 is 23.5 Å². The van der Waals surface area contributed by atoms with Crippen molar-refractivity contribution in [2.45, 2.75) is 33.2 Å². The molecular formula is C14H17ClFNO3. The quantitative estimate of drug-likeness (QED) is 0.898. The summed E-state index contributed by atoms with van der Waals surface area (Å²) < 4.78 is 13.7. The molecule has 0 spiro atoms. The van der Waals surface area contributed by atoms with Crippen LogP contribution in [0.1, 0.15) is 38.1 Å². The summed E-state index contributed by atoms with van der Waals surface area (Å²) in [4.78, 5) is 23.4. The van der Waals surface area contributed by atoms with Gasteiger partial charge in [-0.3, -0.25) is 9.59 Å². The van der Waals surface area contributed by atoms with E-state index in [0.29, 0.717) is 0 Å². The molecule has 1 rings (SSSR count). The van der Waals surface area contributed by atoms with Gasteiger partial charge in [0, 0.05) is 0 Å². The van der Waals surface area contributed by atoms with Crippen molar-refractivity contribution in [1.29, 1.82) is 0 Å². The molecule has 1 amide bonds. The van der Waals surface area contributed by atoms with E-state index in [1.54, 1.807) is 13.8 Å². The normalized spacial score (nSPS) is 12.1. The molecule has 0 aliphatic rings. The lowest BCUT2D eigenvalue weighted by Crippen LogP contribution is -2.57. The van der Waals surface area contributed by atoms with Crippen LogP contribution in [0.15, 0.2) is 18.2 Å². The number of aliphatic carboxylic acids is 1. The minimum Gasteiger partial charge on any atom is -0.481 e. The second-order valence-corrected chi connectivity index (χ2v) is 6.01. The molecule has 0 aromatic heterocycles. The van der Waals surface area contributed by atoms with E-state index in [1.165, 1.54) is 26.0 Å². The fourth-order valence-electron chi connectivity index (χ4n) is 1.48. The average molecular weight is 302 g/mol. The van der Waals surface area contributed by atoms with Gasteiger partial charge in [-0.15, -0.1) is 0 Å². The van der Waals surface area contributed by atoms with E-state index in [-0.39, 0.29) is 10.6 Å². The molecule has 2 N–H and O–H groups in total. The summed E-state index contributed by atoms with van der Waals surface area (Å²) in [5.74, 6) is -2.56. The van der Waals surface area contributed by atoms with E-state index in [2.05, 4.69) is 5.32 Å². The molecule has 1 aromatic rings. The van der Waals surface area contributed by atoms with E-state index < -0.39 is 28.6 Å². The molecular weight excluding hydrogens is 285 g/mol. The zero-order valence-electron chi connectivity index (χ0n) is 11.8. The van der Waals surface area contributed by atoms with Crippen LogP contribution in [-0.4, -0.2) is 22.5 Å². The first kappa shape index (κ1) is 16.4. The van der Waals surface area contributed by atoms with Crippen LogP contribution in [0.5, 0.6) is 0 Å².